The van der Waals surface area contributed by atoms with E-state index in [1.54, 1.807) is 0 Å². The van der Waals surface area contributed by atoms with E-state index in [1.807, 2.05) is 0 Å². The maximum absolute atomic E-state index is 10.4. The van der Waals surface area contributed by atoms with E-state index in [0.717, 1.165) is 0 Å². The van der Waals surface area contributed by atoms with Crippen molar-refractivity contribution >= 4 is 11.9 Å². The molecule has 0 aliphatic heterocycles. The molecule has 3 N–H and O–H groups in total. The number of nitrogens with one attached hydrogen (secondary N) is 1. The predicted molar refractivity (Wildman–Crippen MR) is 36.9 cm³/mol. The van der Waals surface area contributed by atoms with Crippen molar-refractivity contribution in [3.63, 3.8) is 0 Å². The summed E-state index contributed by atoms with van der Waals surface area (Å²) < 4.78 is 0. The van der Waals surface area contributed by atoms with Gasteiger partial charge in [-0.1, -0.05) is 0 Å². The molecule has 0 radical (unpaired) electrons. The van der Waals surface area contributed by atoms with E-state index in [-0.39, 0.29) is 5.91 Å². The molecule has 0 aliphatic carbocycles. The number of amides is 1. The second-order valence-electron chi connectivity index (χ2n) is 2.27. The largest absolute Gasteiger partial charge is 0.479 e. The van der Waals surface area contributed by atoms with Crippen LogP contribution in [0.4, 0.5) is 0 Å². The Morgan fingerprint density at radius 1 is 1.45 bits per heavy atom. The van der Waals surface area contributed by atoms with E-state index in [4.69, 9.17) is 10.2 Å². The standard InChI is InChI=1S/C6H11NO4/c1-3(7-4(2)8)5(9)6(10)11/h3,5,9H,1-2H3,(H,7,8)(H,10,11)/t3-,5-/m0/s1. The molecule has 0 saturated carbocycles. The average molecular weight is 161 g/mol. The Kier molecular flexibility index (Phi) is 3.53. The Morgan fingerprint density at radius 3 is 2.18 bits per heavy atom. The maximum Gasteiger partial charge on any atom is 0.334 e. The fourth-order valence-corrected chi connectivity index (χ4v) is 0.613. The normalized spacial score (nSPS) is 15.2. The van der Waals surface area contributed by atoms with Crippen LogP contribution in [0.15, 0.2) is 0 Å². The van der Waals surface area contributed by atoms with Crippen LogP contribution < -0.4 is 5.32 Å². The van der Waals surface area contributed by atoms with Gasteiger partial charge in [-0.2, -0.15) is 0 Å². The smallest absolute Gasteiger partial charge is 0.334 e. The summed E-state index contributed by atoms with van der Waals surface area (Å²) in [7, 11) is 0. The third-order valence-electron chi connectivity index (χ3n) is 1.16. The molecular weight excluding hydrogens is 150 g/mol. The molecule has 11 heavy (non-hydrogen) atoms. The van der Waals surface area contributed by atoms with E-state index in [0.29, 0.717) is 0 Å². The number of hydrogen-bond acceptors (Lipinski definition) is 3. The molecule has 0 aromatic carbocycles. The summed E-state index contributed by atoms with van der Waals surface area (Å²) in [6.45, 7) is 2.67. The summed E-state index contributed by atoms with van der Waals surface area (Å²) in [4.78, 5) is 20.5. The highest BCUT2D eigenvalue weighted by molar-refractivity contribution is 5.76. The summed E-state index contributed by atoms with van der Waals surface area (Å²) >= 11 is 0. The van der Waals surface area contributed by atoms with Crippen LogP contribution in [0.25, 0.3) is 0 Å². The minimum atomic E-state index is -1.54. The number of aliphatic hydroxyl groups excluding tert-OH is 1. The number of rotatable bonds is 3. The molecule has 2 atom stereocenters. The summed E-state index contributed by atoms with van der Waals surface area (Å²) in [6, 6.07) is -0.759. The number of carbonyl (C=O) groups excluding carboxylic acids is 1. The number of aliphatic carboxylic acids is 1. The number of carbonyl (C=O) groups is 2. The molecule has 0 aromatic rings. The van der Waals surface area contributed by atoms with Crippen molar-refractivity contribution in [3.05, 3.63) is 0 Å². The molecule has 0 aliphatic rings. The van der Waals surface area contributed by atoms with Gasteiger partial charge in [-0.05, 0) is 6.92 Å². The van der Waals surface area contributed by atoms with Gasteiger partial charge in [0.1, 0.15) is 0 Å². The molecule has 0 spiro atoms. The van der Waals surface area contributed by atoms with Gasteiger partial charge >= 0.3 is 5.97 Å². The van der Waals surface area contributed by atoms with Crippen LogP contribution in [0.1, 0.15) is 13.8 Å². The SMILES string of the molecule is CC(=O)N[C@@H](C)[C@H](O)C(=O)O. The maximum atomic E-state index is 10.4. The fraction of sp³-hybridized carbons (Fsp3) is 0.667. The molecule has 5 heteroatoms. The Labute approximate surface area is 64.0 Å². The topological polar surface area (TPSA) is 86.6 Å². The summed E-state index contributed by atoms with van der Waals surface area (Å²) in [6.07, 6.45) is -1.54. The number of aliphatic hydroxyl groups is 1. The van der Waals surface area contributed by atoms with E-state index in [1.165, 1.54) is 13.8 Å². The minimum absolute atomic E-state index is 0.363. The lowest BCUT2D eigenvalue weighted by Gasteiger charge is -2.14. The van der Waals surface area contributed by atoms with Crippen LogP contribution in [0.3, 0.4) is 0 Å². The van der Waals surface area contributed by atoms with Crippen molar-refractivity contribution in [2.45, 2.75) is 26.0 Å². The number of carboxylic acid groups (broad SMARTS) is 1. The molecule has 0 aromatic heterocycles. The van der Waals surface area contributed by atoms with Gasteiger partial charge in [-0.3, -0.25) is 4.79 Å². The molecule has 0 bridgehead atoms. The van der Waals surface area contributed by atoms with Crippen LogP contribution >= 0.6 is 0 Å². The summed E-state index contributed by atoms with van der Waals surface area (Å²) in [5.74, 6) is -1.70. The number of hydrogen-bond donors (Lipinski definition) is 3. The van der Waals surface area contributed by atoms with Crippen molar-refractivity contribution in [2.75, 3.05) is 0 Å². The molecule has 64 valence electrons. The van der Waals surface area contributed by atoms with Gasteiger partial charge in [0.15, 0.2) is 6.10 Å². The van der Waals surface area contributed by atoms with Crippen LogP contribution in [-0.4, -0.2) is 34.2 Å². The van der Waals surface area contributed by atoms with E-state index in [2.05, 4.69) is 5.32 Å². The first-order valence-electron chi connectivity index (χ1n) is 3.13. The molecule has 0 unspecified atom stereocenters. The van der Waals surface area contributed by atoms with E-state index >= 15 is 0 Å². The van der Waals surface area contributed by atoms with Crippen LogP contribution in [0.2, 0.25) is 0 Å². The van der Waals surface area contributed by atoms with Gasteiger partial charge < -0.3 is 15.5 Å². The summed E-state index contributed by atoms with van der Waals surface area (Å²) in [5, 5.41) is 19.3. The highest BCUT2D eigenvalue weighted by Crippen LogP contribution is 1.91. The van der Waals surface area contributed by atoms with Crippen LogP contribution in [0.5, 0.6) is 0 Å². The Morgan fingerprint density at radius 2 is 1.91 bits per heavy atom. The molecule has 1 amide bonds. The van der Waals surface area contributed by atoms with Gasteiger partial charge in [0.05, 0.1) is 6.04 Å². The van der Waals surface area contributed by atoms with Crippen LogP contribution in [-0.2, 0) is 9.59 Å². The Balaban J connectivity index is 3.92. The monoisotopic (exact) mass is 161 g/mol. The lowest BCUT2D eigenvalue weighted by molar-refractivity contribution is -0.148. The highest BCUT2D eigenvalue weighted by Gasteiger charge is 2.21. The average Bonchev–Trinajstić information content (AvgIpc) is 1.84. The molecule has 0 fully saturated rings. The zero-order valence-electron chi connectivity index (χ0n) is 6.37. The van der Waals surface area contributed by atoms with Gasteiger partial charge in [0.2, 0.25) is 5.91 Å². The first kappa shape index (κ1) is 9.90. The van der Waals surface area contributed by atoms with Crippen molar-refractivity contribution < 1.29 is 19.8 Å². The van der Waals surface area contributed by atoms with Gasteiger partial charge in [0.25, 0.3) is 0 Å². The van der Waals surface area contributed by atoms with Crippen molar-refractivity contribution in [2.24, 2.45) is 0 Å². The Hall–Kier alpha value is -1.10. The zero-order chi connectivity index (χ0) is 9.02. The van der Waals surface area contributed by atoms with Gasteiger partial charge in [-0.15, -0.1) is 0 Å². The number of carboxylic acids is 1. The summed E-state index contributed by atoms with van der Waals surface area (Å²) in [5.41, 5.74) is 0. The molecular formula is C6H11NO4. The fourth-order valence-electron chi connectivity index (χ4n) is 0.613. The van der Waals surface area contributed by atoms with Gasteiger partial charge in [0, 0.05) is 6.92 Å². The molecule has 0 saturated heterocycles. The molecule has 0 heterocycles. The molecule has 0 rings (SSSR count). The highest BCUT2D eigenvalue weighted by atomic mass is 16.4. The first-order valence-corrected chi connectivity index (χ1v) is 3.13. The predicted octanol–water partition coefficient (Wildman–Crippen LogP) is -1.04. The van der Waals surface area contributed by atoms with Crippen molar-refractivity contribution in [1.29, 1.82) is 0 Å². The van der Waals surface area contributed by atoms with Crippen molar-refractivity contribution in [1.82, 2.24) is 5.32 Å². The molecule has 5 nitrogen and oxygen atoms in total. The second-order valence-corrected chi connectivity index (χ2v) is 2.27. The Bertz CT molecular complexity index is 168. The first-order chi connectivity index (χ1) is 4.95. The third-order valence-corrected chi connectivity index (χ3v) is 1.16. The third kappa shape index (κ3) is 3.57. The lowest BCUT2D eigenvalue weighted by atomic mass is 10.2. The minimum Gasteiger partial charge on any atom is -0.479 e. The van der Waals surface area contributed by atoms with Crippen molar-refractivity contribution in [3.8, 4) is 0 Å². The van der Waals surface area contributed by atoms with Crippen LogP contribution in [0, 0.1) is 0 Å². The van der Waals surface area contributed by atoms with E-state index in [9.17, 15) is 9.59 Å². The quantitative estimate of drug-likeness (QED) is 0.493. The lowest BCUT2D eigenvalue weighted by Crippen LogP contribution is -2.44. The van der Waals surface area contributed by atoms with Gasteiger partial charge in [-0.25, -0.2) is 4.79 Å². The zero-order valence-corrected chi connectivity index (χ0v) is 6.37. The van der Waals surface area contributed by atoms with E-state index < -0.39 is 18.1 Å². The second kappa shape index (κ2) is 3.92.